The second kappa shape index (κ2) is 3.17. The van der Waals surface area contributed by atoms with Crippen molar-refractivity contribution >= 4 is 10.0 Å². The second-order valence-corrected chi connectivity index (χ2v) is 6.91. The number of sulfonamides is 1. The van der Waals surface area contributed by atoms with Gasteiger partial charge in [0.15, 0.2) is 0 Å². The molecule has 2 saturated carbocycles. The highest BCUT2D eigenvalue weighted by Gasteiger charge is 2.50. The Labute approximate surface area is 84.1 Å². The van der Waals surface area contributed by atoms with Gasteiger partial charge in [0.25, 0.3) is 0 Å². The van der Waals surface area contributed by atoms with Gasteiger partial charge < -0.3 is 0 Å². The van der Waals surface area contributed by atoms with Crippen LogP contribution in [0.2, 0.25) is 0 Å². The number of rotatable bonds is 3. The number of alkyl halides is 1. The van der Waals surface area contributed by atoms with Crippen molar-refractivity contribution in [1.29, 1.82) is 0 Å². The third-order valence-corrected chi connectivity index (χ3v) is 5.64. The van der Waals surface area contributed by atoms with Gasteiger partial charge in [-0.3, -0.25) is 0 Å². The summed E-state index contributed by atoms with van der Waals surface area (Å²) in [6.07, 6.45) is 2.10. The van der Waals surface area contributed by atoms with Gasteiger partial charge in [-0.15, -0.1) is 0 Å². The lowest BCUT2D eigenvalue weighted by Crippen LogP contribution is -2.40. The van der Waals surface area contributed by atoms with Crippen LogP contribution in [-0.2, 0) is 10.0 Å². The normalized spacial score (nSPS) is 35.9. The highest BCUT2D eigenvalue weighted by atomic mass is 32.2. The molecule has 0 aromatic rings. The van der Waals surface area contributed by atoms with Crippen LogP contribution in [0.15, 0.2) is 0 Å². The molecule has 0 aliphatic heterocycles. The van der Waals surface area contributed by atoms with Crippen LogP contribution in [0.3, 0.4) is 0 Å². The van der Waals surface area contributed by atoms with E-state index < -0.39 is 20.9 Å². The van der Waals surface area contributed by atoms with Gasteiger partial charge in [0, 0.05) is 6.04 Å². The first kappa shape index (κ1) is 10.4. The molecule has 0 aromatic carbocycles. The van der Waals surface area contributed by atoms with Crippen molar-refractivity contribution in [2.24, 2.45) is 0 Å². The monoisotopic (exact) mass is 221 g/mol. The van der Waals surface area contributed by atoms with Gasteiger partial charge in [-0.25, -0.2) is 17.5 Å². The minimum atomic E-state index is -3.21. The van der Waals surface area contributed by atoms with Crippen molar-refractivity contribution in [3.8, 4) is 0 Å². The lowest BCUT2D eigenvalue weighted by molar-refractivity contribution is 0.337. The molecule has 0 saturated heterocycles. The van der Waals surface area contributed by atoms with Gasteiger partial charge >= 0.3 is 0 Å². The van der Waals surface area contributed by atoms with E-state index in [2.05, 4.69) is 4.72 Å². The van der Waals surface area contributed by atoms with Gasteiger partial charge in [0.1, 0.15) is 6.17 Å². The molecule has 2 aliphatic carbocycles. The Morgan fingerprint density at radius 1 is 1.36 bits per heavy atom. The minimum absolute atomic E-state index is 0.174. The predicted octanol–water partition coefficient (Wildman–Crippen LogP) is 1.35. The summed E-state index contributed by atoms with van der Waals surface area (Å²) in [6.45, 7) is 1.75. The predicted molar refractivity (Wildman–Crippen MR) is 52.2 cm³/mol. The van der Waals surface area contributed by atoms with E-state index in [0.29, 0.717) is 19.3 Å². The van der Waals surface area contributed by atoms with E-state index >= 15 is 0 Å². The molecule has 0 aromatic heterocycles. The largest absolute Gasteiger partial charge is 0.247 e. The molecule has 0 radical (unpaired) electrons. The third kappa shape index (κ3) is 1.80. The molecule has 2 rings (SSSR count). The Morgan fingerprint density at radius 3 is 2.43 bits per heavy atom. The number of hydrogen-bond acceptors (Lipinski definition) is 2. The second-order valence-electron chi connectivity index (χ2n) is 4.68. The maximum atomic E-state index is 12.8. The molecule has 2 atom stereocenters. The van der Waals surface area contributed by atoms with E-state index in [1.54, 1.807) is 6.92 Å². The molecule has 2 unspecified atom stereocenters. The summed E-state index contributed by atoms with van der Waals surface area (Å²) in [5, 5.41) is 0. The van der Waals surface area contributed by atoms with Crippen LogP contribution >= 0.6 is 0 Å². The van der Waals surface area contributed by atoms with Gasteiger partial charge in [0.2, 0.25) is 10.0 Å². The van der Waals surface area contributed by atoms with Crippen LogP contribution in [0.1, 0.15) is 39.0 Å². The molecule has 0 heterocycles. The van der Waals surface area contributed by atoms with Crippen molar-refractivity contribution in [1.82, 2.24) is 4.72 Å². The minimum Gasteiger partial charge on any atom is -0.247 e. The van der Waals surface area contributed by atoms with Crippen LogP contribution in [0, 0.1) is 0 Å². The molecular weight excluding hydrogens is 205 g/mol. The molecule has 82 valence electrons. The molecular formula is C9H16FNO2S. The fourth-order valence-electron chi connectivity index (χ4n) is 1.84. The first-order valence-corrected chi connectivity index (χ1v) is 6.57. The Bertz CT molecular complexity index is 324. The van der Waals surface area contributed by atoms with Gasteiger partial charge in [-0.1, -0.05) is 0 Å². The van der Waals surface area contributed by atoms with Crippen LogP contribution in [0.4, 0.5) is 4.39 Å². The molecule has 5 heteroatoms. The van der Waals surface area contributed by atoms with Crippen molar-refractivity contribution in [2.75, 3.05) is 0 Å². The van der Waals surface area contributed by atoms with Crippen molar-refractivity contribution < 1.29 is 12.8 Å². The van der Waals surface area contributed by atoms with Gasteiger partial charge in [-0.05, 0) is 39.0 Å². The van der Waals surface area contributed by atoms with Crippen molar-refractivity contribution in [3.63, 3.8) is 0 Å². The van der Waals surface area contributed by atoms with E-state index in [0.717, 1.165) is 12.8 Å². The Kier molecular flexibility index (Phi) is 2.34. The third-order valence-electron chi connectivity index (χ3n) is 3.29. The maximum absolute atomic E-state index is 12.8. The van der Waals surface area contributed by atoms with Gasteiger partial charge in [0.05, 0.1) is 4.75 Å². The Hall–Kier alpha value is -0.160. The molecule has 0 bridgehead atoms. The average Bonchev–Trinajstić information content (AvgIpc) is 2.70. The summed E-state index contributed by atoms with van der Waals surface area (Å²) >= 11 is 0. The zero-order valence-corrected chi connectivity index (χ0v) is 9.11. The quantitative estimate of drug-likeness (QED) is 0.782. The summed E-state index contributed by atoms with van der Waals surface area (Å²) in [7, 11) is -3.21. The fraction of sp³-hybridized carbons (Fsp3) is 1.00. The Morgan fingerprint density at radius 2 is 2.00 bits per heavy atom. The first-order valence-electron chi connectivity index (χ1n) is 5.09. The highest BCUT2D eigenvalue weighted by Crippen LogP contribution is 2.42. The fourth-order valence-corrected chi connectivity index (χ4v) is 3.42. The SMILES string of the molecule is CC1(S(=O)(=O)NC2CCC(F)C2)CC1. The summed E-state index contributed by atoms with van der Waals surface area (Å²) < 4.78 is 38.4. The molecule has 3 nitrogen and oxygen atoms in total. The standard InChI is InChI=1S/C9H16FNO2S/c1-9(4-5-9)14(12,13)11-8-3-2-7(10)6-8/h7-8,11H,2-6H2,1H3. The number of hydrogen-bond donors (Lipinski definition) is 1. The summed E-state index contributed by atoms with van der Waals surface area (Å²) in [5.41, 5.74) is 0. The number of halogens is 1. The van der Waals surface area contributed by atoms with E-state index in [1.165, 1.54) is 0 Å². The maximum Gasteiger partial charge on any atom is 0.217 e. The average molecular weight is 221 g/mol. The summed E-state index contributed by atoms with van der Waals surface area (Å²) in [5.74, 6) is 0. The van der Waals surface area contributed by atoms with E-state index in [1.807, 2.05) is 0 Å². The topological polar surface area (TPSA) is 46.2 Å². The van der Waals surface area contributed by atoms with Gasteiger partial charge in [-0.2, -0.15) is 0 Å². The zero-order valence-electron chi connectivity index (χ0n) is 8.29. The zero-order chi connectivity index (χ0) is 10.4. The van der Waals surface area contributed by atoms with Crippen molar-refractivity contribution in [2.45, 2.75) is 56.0 Å². The molecule has 14 heavy (non-hydrogen) atoms. The molecule has 0 spiro atoms. The molecule has 1 N–H and O–H groups in total. The lowest BCUT2D eigenvalue weighted by atomic mass is 10.3. The number of nitrogens with one attached hydrogen (secondary N) is 1. The van der Waals surface area contributed by atoms with Crippen LogP contribution < -0.4 is 4.72 Å². The van der Waals surface area contributed by atoms with Crippen LogP contribution in [-0.4, -0.2) is 25.4 Å². The van der Waals surface area contributed by atoms with E-state index in [-0.39, 0.29) is 6.04 Å². The van der Waals surface area contributed by atoms with Crippen LogP contribution in [0.5, 0.6) is 0 Å². The molecule has 2 fully saturated rings. The van der Waals surface area contributed by atoms with Crippen LogP contribution in [0.25, 0.3) is 0 Å². The molecule has 2 aliphatic rings. The Balaban J connectivity index is 1.97. The first-order chi connectivity index (χ1) is 6.43. The lowest BCUT2D eigenvalue weighted by Gasteiger charge is -2.16. The van der Waals surface area contributed by atoms with E-state index in [9.17, 15) is 12.8 Å². The molecule has 0 amide bonds. The van der Waals surface area contributed by atoms with E-state index in [4.69, 9.17) is 0 Å². The summed E-state index contributed by atoms with van der Waals surface area (Å²) in [6, 6.07) is -0.174. The smallest absolute Gasteiger partial charge is 0.217 e. The van der Waals surface area contributed by atoms with Crippen molar-refractivity contribution in [3.05, 3.63) is 0 Å². The highest BCUT2D eigenvalue weighted by molar-refractivity contribution is 7.91. The summed E-state index contributed by atoms with van der Waals surface area (Å²) in [4.78, 5) is 0.